The number of anilines is 1. The van der Waals surface area contributed by atoms with E-state index in [9.17, 15) is 18.0 Å². The molecule has 0 bridgehead atoms. The molecule has 0 aliphatic carbocycles. The molecule has 0 spiro atoms. The van der Waals surface area contributed by atoms with Crippen molar-refractivity contribution in [1.82, 2.24) is 4.98 Å². The minimum atomic E-state index is -4.69. The Bertz CT molecular complexity index is 376. The van der Waals surface area contributed by atoms with Crippen LogP contribution in [0.3, 0.4) is 0 Å². The van der Waals surface area contributed by atoms with Crippen molar-refractivity contribution in [3.05, 3.63) is 23.4 Å². The summed E-state index contributed by atoms with van der Waals surface area (Å²) in [7, 11) is 0. The Hall–Kier alpha value is -1.79. The third-order valence-electron chi connectivity index (χ3n) is 1.47. The topological polar surface area (TPSA) is 76.2 Å². The van der Waals surface area contributed by atoms with E-state index in [0.29, 0.717) is 6.07 Å². The Morgan fingerprint density at radius 2 is 2.07 bits per heavy atom. The van der Waals surface area contributed by atoms with Crippen molar-refractivity contribution in [2.45, 2.75) is 6.18 Å². The standard InChI is InChI=1S/C7H5F3N2O2/c8-7(9,10)4-1-3(6(13)14)2-12-5(4)11/h1-2H,(H2,11,12)(H,13,14). The van der Waals surface area contributed by atoms with Crippen molar-refractivity contribution in [3.8, 4) is 0 Å². The van der Waals surface area contributed by atoms with E-state index < -0.39 is 29.1 Å². The van der Waals surface area contributed by atoms with Crippen LogP contribution in [0.25, 0.3) is 0 Å². The molecule has 0 aromatic carbocycles. The van der Waals surface area contributed by atoms with Crippen LogP contribution in [0, 0.1) is 0 Å². The van der Waals surface area contributed by atoms with E-state index in [4.69, 9.17) is 10.8 Å². The van der Waals surface area contributed by atoms with Crippen molar-refractivity contribution in [1.29, 1.82) is 0 Å². The van der Waals surface area contributed by atoms with Crippen LogP contribution < -0.4 is 5.73 Å². The van der Waals surface area contributed by atoms with E-state index in [0.717, 1.165) is 6.20 Å². The lowest BCUT2D eigenvalue weighted by Crippen LogP contribution is -2.12. The minimum Gasteiger partial charge on any atom is -0.478 e. The van der Waals surface area contributed by atoms with Gasteiger partial charge in [-0.2, -0.15) is 13.2 Å². The fourth-order valence-corrected chi connectivity index (χ4v) is 0.819. The summed E-state index contributed by atoms with van der Waals surface area (Å²) in [4.78, 5) is 13.5. The molecule has 1 aromatic rings. The third-order valence-corrected chi connectivity index (χ3v) is 1.47. The summed E-state index contributed by atoms with van der Waals surface area (Å²) >= 11 is 0. The van der Waals surface area contributed by atoms with Crippen LogP contribution >= 0.6 is 0 Å². The molecule has 0 radical (unpaired) electrons. The number of carboxylic acid groups (broad SMARTS) is 1. The Kier molecular flexibility index (Phi) is 2.33. The molecular formula is C7H5F3N2O2. The van der Waals surface area contributed by atoms with E-state index >= 15 is 0 Å². The van der Waals surface area contributed by atoms with Gasteiger partial charge in [0.25, 0.3) is 0 Å². The van der Waals surface area contributed by atoms with Crippen LogP contribution in [-0.2, 0) is 6.18 Å². The number of rotatable bonds is 1. The fourth-order valence-electron chi connectivity index (χ4n) is 0.819. The number of nitrogens with zero attached hydrogens (tertiary/aromatic N) is 1. The zero-order valence-corrected chi connectivity index (χ0v) is 6.67. The van der Waals surface area contributed by atoms with Crippen molar-refractivity contribution >= 4 is 11.8 Å². The highest BCUT2D eigenvalue weighted by molar-refractivity contribution is 5.87. The first kappa shape index (κ1) is 10.3. The van der Waals surface area contributed by atoms with Crippen LogP contribution in [0.15, 0.2) is 12.3 Å². The minimum absolute atomic E-state index is 0.449. The molecule has 0 unspecified atom stereocenters. The smallest absolute Gasteiger partial charge is 0.419 e. The molecule has 1 aromatic heterocycles. The number of nitrogen functional groups attached to an aromatic ring is 1. The first-order valence-electron chi connectivity index (χ1n) is 3.38. The second kappa shape index (κ2) is 3.17. The van der Waals surface area contributed by atoms with Gasteiger partial charge in [-0.1, -0.05) is 0 Å². The number of alkyl halides is 3. The van der Waals surface area contributed by atoms with Crippen LogP contribution in [0.5, 0.6) is 0 Å². The predicted octanol–water partition coefficient (Wildman–Crippen LogP) is 1.38. The summed E-state index contributed by atoms with van der Waals surface area (Å²) < 4.78 is 36.5. The lowest BCUT2D eigenvalue weighted by molar-refractivity contribution is -0.137. The van der Waals surface area contributed by atoms with Crippen LogP contribution in [0.1, 0.15) is 15.9 Å². The van der Waals surface area contributed by atoms with Crippen molar-refractivity contribution in [2.24, 2.45) is 0 Å². The molecule has 4 nitrogen and oxygen atoms in total. The molecule has 0 saturated heterocycles. The predicted molar refractivity (Wildman–Crippen MR) is 40.6 cm³/mol. The Morgan fingerprint density at radius 3 is 2.50 bits per heavy atom. The maximum atomic E-state index is 12.2. The van der Waals surface area contributed by atoms with Crippen LogP contribution in [0.4, 0.5) is 19.0 Å². The number of pyridine rings is 1. The summed E-state index contributed by atoms with van der Waals surface area (Å²) in [5.41, 5.74) is 3.16. The number of carbonyl (C=O) groups is 1. The number of hydrogen-bond acceptors (Lipinski definition) is 3. The maximum absolute atomic E-state index is 12.2. The highest BCUT2D eigenvalue weighted by Crippen LogP contribution is 2.32. The van der Waals surface area contributed by atoms with Gasteiger partial charge in [0.1, 0.15) is 5.82 Å². The molecule has 0 aliphatic rings. The molecule has 0 atom stereocenters. The van der Waals surface area contributed by atoms with Gasteiger partial charge in [-0.3, -0.25) is 0 Å². The highest BCUT2D eigenvalue weighted by atomic mass is 19.4. The summed E-state index contributed by atoms with van der Waals surface area (Å²) in [6.07, 6.45) is -3.92. The number of aromatic carboxylic acids is 1. The van der Waals surface area contributed by atoms with E-state index in [2.05, 4.69) is 4.98 Å². The monoisotopic (exact) mass is 206 g/mol. The summed E-state index contributed by atoms with van der Waals surface area (Å²) in [6.45, 7) is 0. The molecule has 14 heavy (non-hydrogen) atoms. The lowest BCUT2D eigenvalue weighted by Gasteiger charge is -2.08. The summed E-state index contributed by atoms with van der Waals surface area (Å²) in [6, 6.07) is 0.449. The van der Waals surface area contributed by atoms with Gasteiger partial charge in [0.2, 0.25) is 0 Å². The second-order valence-electron chi connectivity index (χ2n) is 2.46. The number of hydrogen-bond donors (Lipinski definition) is 2. The number of carboxylic acids is 1. The average molecular weight is 206 g/mol. The van der Waals surface area contributed by atoms with Gasteiger partial charge in [0, 0.05) is 6.20 Å². The fraction of sp³-hybridized carbons (Fsp3) is 0.143. The van der Waals surface area contributed by atoms with E-state index in [1.54, 1.807) is 0 Å². The van der Waals surface area contributed by atoms with Gasteiger partial charge in [0.15, 0.2) is 0 Å². The SMILES string of the molecule is Nc1ncc(C(=O)O)cc1C(F)(F)F. The van der Waals surface area contributed by atoms with E-state index in [-0.39, 0.29) is 0 Å². The molecule has 0 aliphatic heterocycles. The number of halogens is 3. The summed E-state index contributed by atoms with van der Waals surface area (Å²) in [5.74, 6) is -2.22. The van der Waals surface area contributed by atoms with Gasteiger partial charge in [0.05, 0.1) is 11.1 Å². The Labute approximate surface area is 76.2 Å². The number of aromatic nitrogens is 1. The average Bonchev–Trinajstić information content (AvgIpc) is 2.02. The van der Waals surface area contributed by atoms with E-state index in [1.807, 2.05) is 0 Å². The first-order chi connectivity index (χ1) is 6.32. The van der Waals surface area contributed by atoms with Crippen LogP contribution in [0.2, 0.25) is 0 Å². The summed E-state index contributed by atoms with van der Waals surface area (Å²) in [5, 5.41) is 8.42. The number of nitrogens with two attached hydrogens (primary N) is 1. The quantitative estimate of drug-likeness (QED) is 0.727. The van der Waals surface area contributed by atoms with Gasteiger partial charge in [-0.15, -0.1) is 0 Å². The maximum Gasteiger partial charge on any atom is 0.419 e. The van der Waals surface area contributed by atoms with Gasteiger partial charge >= 0.3 is 12.1 Å². The highest BCUT2D eigenvalue weighted by Gasteiger charge is 2.34. The Balaban J connectivity index is 3.29. The molecule has 0 amide bonds. The molecule has 7 heteroatoms. The van der Waals surface area contributed by atoms with Gasteiger partial charge in [-0.05, 0) is 6.07 Å². The zero-order chi connectivity index (χ0) is 10.9. The molecule has 76 valence electrons. The third kappa shape index (κ3) is 1.93. The van der Waals surface area contributed by atoms with Crippen molar-refractivity contribution in [2.75, 3.05) is 5.73 Å². The van der Waals surface area contributed by atoms with Crippen molar-refractivity contribution < 1.29 is 23.1 Å². The van der Waals surface area contributed by atoms with Crippen molar-refractivity contribution in [3.63, 3.8) is 0 Å². The zero-order valence-electron chi connectivity index (χ0n) is 6.67. The van der Waals surface area contributed by atoms with Gasteiger partial charge < -0.3 is 10.8 Å². The van der Waals surface area contributed by atoms with E-state index in [1.165, 1.54) is 0 Å². The molecule has 0 fully saturated rings. The second-order valence-corrected chi connectivity index (χ2v) is 2.46. The molecule has 1 rings (SSSR count). The molecular weight excluding hydrogens is 201 g/mol. The first-order valence-corrected chi connectivity index (χ1v) is 3.38. The molecule has 1 heterocycles. The Morgan fingerprint density at radius 1 is 1.50 bits per heavy atom. The van der Waals surface area contributed by atoms with Crippen LogP contribution in [-0.4, -0.2) is 16.1 Å². The molecule has 3 N–H and O–H groups in total. The lowest BCUT2D eigenvalue weighted by atomic mass is 10.2. The van der Waals surface area contributed by atoms with Gasteiger partial charge in [-0.25, -0.2) is 9.78 Å². The molecule has 0 saturated carbocycles. The largest absolute Gasteiger partial charge is 0.478 e. The normalized spacial score (nSPS) is 11.4.